The number of rotatable bonds is 2. The minimum atomic E-state index is 0.0833. The van der Waals surface area contributed by atoms with Crippen LogP contribution in [0.25, 0.3) is 0 Å². The highest BCUT2D eigenvalue weighted by Crippen LogP contribution is 1.83. The summed E-state index contributed by atoms with van der Waals surface area (Å²) >= 11 is 0. The summed E-state index contributed by atoms with van der Waals surface area (Å²) in [6.45, 7) is 7.56. The molecule has 0 heterocycles. The zero-order valence-electron chi connectivity index (χ0n) is 6.17. The van der Waals surface area contributed by atoms with Crippen LogP contribution < -0.4 is 0 Å². The molecule has 2 N–H and O–H groups in total. The predicted octanol–water partition coefficient (Wildman–Crippen LogP) is 0.799. The van der Waals surface area contributed by atoms with E-state index < -0.39 is 0 Å². The van der Waals surface area contributed by atoms with Crippen LogP contribution in [0.4, 0.5) is 0 Å². The van der Waals surface area contributed by atoms with Crippen molar-refractivity contribution in [2.75, 3.05) is 13.2 Å². The first-order chi connectivity index (χ1) is 4.18. The van der Waals surface area contributed by atoms with Gasteiger partial charge in [-0.2, -0.15) is 0 Å². The van der Waals surface area contributed by atoms with Gasteiger partial charge >= 0.3 is 0 Å². The third-order valence-electron chi connectivity index (χ3n) is 0.494. The van der Waals surface area contributed by atoms with Crippen molar-refractivity contribution in [1.82, 2.24) is 0 Å². The fraction of sp³-hybridized carbons (Fsp3) is 0.714. The Morgan fingerprint density at radius 2 is 1.67 bits per heavy atom. The smallest absolute Gasteiger partial charge is 0.0609 e. The van der Waals surface area contributed by atoms with Gasteiger partial charge in [0.25, 0.3) is 0 Å². The van der Waals surface area contributed by atoms with Crippen molar-refractivity contribution >= 4 is 0 Å². The van der Waals surface area contributed by atoms with Gasteiger partial charge < -0.3 is 10.2 Å². The molecule has 9 heavy (non-hydrogen) atoms. The lowest BCUT2D eigenvalue weighted by molar-refractivity contribution is 0.248. The van der Waals surface area contributed by atoms with E-state index in [1.165, 1.54) is 6.08 Å². The minimum Gasteiger partial charge on any atom is -0.396 e. The number of hydrogen-bond acceptors (Lipinski definition) is 2. The van der Waals surface area contributed by atoms with Gasteiger partial charge in [0.05, 0.1) is 6.61 Å². The first kappa shape index (κ1) is 11.5. The molecule has 0 unspecified atom stereocenters. The molecule has 0 aromatic heterocycles. The fourth-order valence-electron chi connectivity index (χ4n) is 0. The maximum atomic E-state index is 8.14. The van der Waals surface area contributed by atoms with Crippen LogP contribution in [0.15, 0.2) is 12.7 Å². The number of aliphatic hydroxyl groups excluding tert-OH is 2. The summed E-state index contributed by atoms with van der Waals surface area (Å²) in [7, 11) is 0. The molecule has 0 saturated heterocycles. The molecule has 0 aromatic rings. The molecule has 0 spiro atoms. The van der Waals surface area contributed by atoms with Gasteiger partial charge in [-0.25, -0.2) is 0 Å². The molecule has 0 aliphatic carbocycles. The second kappa shape index (κ2) is 10.6. The summed E-state index contributed by atoms with van der Waals surface area (Å²) < 4.78 is 0. The van der Waals surface area contributed by atoms with Gasteiger partial charge in [-0.1, -0.05) is 19.9 Å². The van der Waals surface area contributed by atoms with Crippen molar-refractivity contribution in [2.24, 2.45) is 5.92 Å². The first-order valence-corrected chi connectivity index (χ1v) is 3.01. The van der Waals surface area contributed by atoms with Crippen molar-refractivity contribution in [3.63, 3.8) is 0 Å². The van der Waals surface area contributed by atoms with E-state index in [0.717, 1.165) is 0 Å². The average molecular weight is 132 g/mol. The molecule has 0 fully saturated rings. The third-order valence-corrected chi connectivity index (χ3v) is 0.494. The summed E-state index contributed by atoms with van der Waals surface area (Å²) in [6, 6.07) is 0. The van der Waals surface area contributed by atoms with E-state index in [2.05, 4.69) is 6.58 Å². The maximum absolute atomic E-state index is 8.14. The number of aliphatic hydroxyl groups is 2. The van der Waals surface area contributed by atoms with E-state index in [-0.39, 0.29) is 6.61 Å². The Labute approximate surface area is 56.8 Å². The van der Waals surface area contributed by atoms with Crippen LogP contribution in [-0.2, 0) is 0 Å². The van der Waals surface area contributed by atoms with Crippen molar-refractivity contribution in [2.45, 2.75) is 13.8 Å². The zero-order chi connectivity index (χ0) is 7.70. The SMILES string of the molecule is C=CCO.CC(C)CO. The van der Waals surface area contributed by atoms with E-state index in [1.807, 2.05) is 13.8 Å². The van der Waals surface area contributed by atoms with Gasteiger partial charge in [-0.05, 0) is 5.92 Å². The Kier molecular flexibility index (Phi) is 13.5. The van der Waals surface area contributed by atoms with Crippen LogP contribution in [0.1, 0.15) is 13.8 Å². The molecule has 0 amide bonds. The summed E-state index contributed by atoms with van der Waals surface area (Å²) in [5.41, 5.74) is 0. The van der Waals surface area contributed by atoms with Crippen LogP contribution in [0.3, 0.4) is 0 Å². The highest BCUT2D eigenvalue weighted by atomic mass is 16.3. The summed E-state index contributed by atoms with van der Waals surface area (Å²) in [5, 5.41) is 15.9. The van der Waals surface area contributed by atoms with Crippen LogP contribution in [-0.4, -0.2) is 23.4 Å². The average Bonchev–Trinajstić information content (AvgIpc) is 1.89. The summed E-state index contributed by atoms with van der Waals surface area (Å²) in [6.07, 6.45) is 1.43. The molecule has 0 radical (unpaired) electrons. The third kappa shape index (κ3) is 34.7. The summed E-state index contributed by atoms with van der Waals surface area (Å²) in [5.74, 6) is 0.440. The Balaban J connectivity index is 0. The lowest BCUT2D eigenvalue weighted by Crippen LogP contribution is -1.90. The van der Waals surface area contributed by atoms with Gasteiger partial charge in [0, 0.05) is 6.61 Å². The molecule has 0 rings (SSSR count). The van der Waals surface area contributed by atoms with Crippen LogP contribution >= 0.6 is 0 Å². The zero-order valence-corrected chi connectivity index (χ0v) is 6.17. The van der Waals surface area contributed by atoms with E-state index in [1.54, 1.807) is 0 Å². The topological polar surface area (TPSA) is 40.5 Å². The molecule has 0 saturated carbocycles. The van der Waals surface area contributed by atoms with Crippen molar-refractivity contribution in [1.29, 1.82) is 0 Å². The molecule has 2 nitrogen and oxygen atoms in total. The van der Waals surface area contributed by atoms with Gasteiger partial charge in [0.2, 0.25) is 0 Å². The second-order valence-electron chi connectivity index (χ2n) is 2.05. The van der Waals surface area contributed by atoms with E-state index in [4.69, 9.17) is 10.2 Å². The molecule has 0 aliphatic rings. The van der Waals surface area contributed by atoms with E-state index in [9.17, 15) is 0 Å². The van der Waals surface area contributed by atoms with Gasteiger partial charge in [-0.3, -0.25) is 0 Å². The lowest BCUT2D eigenvalue weighted by atomic mass is 10.2. The normalized spacial score (nSPS) is 8.11. The molecule has 56 valence electrons. The molecule has 0 aliphatic heterocycles. The molecular formula is C7H16O2. The van der Waals surface area contributed by atoms with Gasteiger partial charge in [-0.15, -0.1) is 6.58 Å². The molecule has 0 bridgehead atoms. The largest absolute Gasteiger partial charge is 0.396 e. The van der Waals surface area contributed by atoms with Crippen molar-refractivity contribution in [3.05, 3.63) is 12.7 Å². The minimum absolute atomic E-state index is 0.0833. The Morgan fingerprint density at radius 1 is 1.44 bits per heavy atom. The summed E-state index contributed by atoms with van der Waals surface area (Å²) in [4.78, 5) is 0. The van der Waals surface area contributed by atoms with E-state index in [0.29, 0.717) is 12.5 Å². The maximum Gasteiger partial charge on any atom is 0.0609 e. The molecular weight excluding hydrogens is 116 g/mol. The molecule has 2 heteroatoms. The van der Waals surface area contributed by atoms with Crippen LogP contribution in [0.2, 0.25) is 0 Å². The van der Waals surface area contributed by atoms with Crippen LogP contribution in [0.5, 0.6) is 0 Å². The highest BCUT2D eigenvalue weighted by Gasteiger charge is 1.81. The van der Waals surface area contributed by atoms with E-state index >= 15 is 0 Å². The van der Waals surface area contributed by atoms with Crippen molar-refractivity contribution < 1.29 is 10.2 Å². The Morgan fingerprint density at radius 3 is 1.67 bits per heavy atom. The van der Waals surface area contributed by atoms with Gasteiger partial charge in [0.1, 0.15) is 0 Å². The monoisotopic (exact) mass is 132 g/mol. The van der Waals surface area contributed by atoms with Gasteiger partial charge in [0.15, 0.2) is 0 Å². The Bertz CT molecular complexity index is 50.9. The lowest BCUT2D eigenvalue weighted by Gasteiger charge is -1.90. The van der Waals surface area contributed by atoms with Crippen molar-refractivity contribution in [3.8, 4) is 0 Å². The Hall–Kier alpha value is -0.340. The molecule has 0 atom stereocenters. The first-order valence-electron chi connectivity index (χ1n) is 3.01. The number of hydrogen-bond donors (Lipinski definition) is 2. The molecule has 0 aromatic carbocycles. The standard InChI is InChI=1S/C4H10O.C3H6O/c1-4(2)3-5;1-2-3-4/h4-5H,3H2,1-2H3;2,4H,1,3H2. The predicted molar refractivity (Wildman–Crippen MR) is 39.2 cm³/mol. The second-order valence-corrected chi connectivity index (χ2v) is 2.05. The fourth-order valence-corrected chi connectivity index (χ4v) is 0. The van der Waals surface area contributed by atoms with Crippen LogP contribution in [0, 0.1) is 5.92 Å². The quantitative estimate of drug-likeness (QED) is 0.545. The highest BCUT2D eigenvalue weighted by molar-refractivity contribution is 4.60.